The first kappa shape index (κ1) is 18.7. The maximum Gasteiger partial charge on any atom is 0.231 e. The Balaban J connectivity index is 1.36. The van der Waals surface area contributed by atoms with Gasteiger partial charge in [-0.1, -0.05) is 24.3 Å². The maximum atomic E-state index is 13.9. The fraction of sp³-hybridized carbons (Fsp3) is 0.130. The average molecular weight is 389 g/mol. The van der Waals surface area contributed by atoms with Crippen molar-refractivity contribution in [3.05, 3.63) is 96.2 Å². The van der Waals surface area contributed by atoms with Crippen molar-refractivity contribution in [2.24, 2.45) is 0 Å². The monoisotopic (exact) mass is 389 g/mol. The number of hydrogen-bond donors (Lipinski definition) is 1. The minimum atomic E-state index is -0.595. The summed E-state index contributed by atoms with van der Waals surface area (Å²) in [6.07, 6.45) is 3.86. The summed E-state index contributed by atoms with van der Waals surface area (Å²) in [4.78, 5) is 16.9. The van der Waals surface area contributed by atoms with Crippen molar-refractivity contribution in [2.45, 2.75) is 19.4 Å². The SMILES string of the molecule is CC(C(=O)Nc1ccc(OCc2cn3ccccc3n2)cc1)c1ccccc1F. The zero-order chi connectivity index (χ0) is 20.2. The summed E-state index contributed by atoms with van der Waals surface area (Å²) in [5.41, 5.74) is 2.69. The molecule has 0 fully saturated rings. The van der Waals surface area contributed by atoms with Gasteiger partial charge < -0.3 is 14.5 Å². The van der Waals surface area contributed by atoms with Crippen molar-refractivity contribution in [1.29, 1.82) is 0 Å². The van der Waals surface area contributed by atoms with Crippen LogP contribution in [0.3, 0.4) is 0 Å². The second-order valence-electron chi connectivity index (χ2n) is 6.74. The average Bonchev–Trinajstić information content (AvgIpc) is 3.16. The largest absolute Gasteiger partial charge is 0.487 e. The van der Waals surface area contributed by atoms with Gasteiger partial charge >= 0.3 is 0 Å². The van der Waals surface area contributed by atoms with Crippen LogP contribution >= 0.6 is 0 Å². The number of anilines is 1. The molecule has 0 spiro atoms. The molecular formula is C23H20FN3O2. The second kappa shape index (κ2) is 8.14. The van der Waals surface area contributed by atoms with Crippen LogP contribution in [-0.2, 0) is 11.4 Å². The number of carbonyl (C=O) groups is 1. The predicted octanol–water partition coefficient (Wildman–Crippen LogP) is 4.79. The third-order valence-electron chi connectivity index (χ3n) is 4.69. The molecule has 0 saturated carbocycles. The van der Waals surface area contributed by atoms with Crippen molar-refractivity contribution in [3.63, 3.8) is 0 Å². The number of halogens is 1. The van der Waals surface area contributed by atoms with Gasteiger partial charge in [-0.05, 0) is 55.0 Å². The summed E-state index contributed by atoms with van der Waals surface area (Å²) in [7, 11) is 0. The van der Waals surface area contributed by atoms with Gasteiger partial charge in [-0.25, -0.2) is 9.37 Å². The number of amides is 1. The highest BCUT2D eigenvalue weighted by atomic mass is 19.1. The molecule has 1 atom stereocenters. The predicted molar refractivity (Wildman–Crippen MR) is 109 cm³/mol. The second-order valence-corrected chi connectivity index (χ2v) is 6.74. The molecule has 0 bridgehead atoms. The number of ether oxygens (including phenoxy) is 1. The number of fused-ring (bicyclic) bond motifs is 1. The third-order valence-corrected chi connectivity index (χ3v) is 4.69. The highest BCUT2D eigenvalue weighted by molar-refractivity contribution is 5.95. The van der Waals surface area contributed by atoms with Gasteiger partial charge in [0.15, 0.2) is 0 Å². The van der Waals surface area contributed by atoms with Crippen molar-refractivity contribution >= 4 is 17.2 Å². The number of nitrogens with zero attached hydrogens (tertiary/aromatic N) is 2. The molecule has 2 aromatic carbocycles. The molecule has 1 unspecified atom stereocenters. The van der Waals surface area contributed by atoms with E-state index >= 15 is 0 Å². The van der Waals surface area contributed by atoms with E-state index in [0.29, 0.717) is 23.6 Å². The summed E-state index contributed by atoms with van der Waals surface area (Å²) >= 11 is 0. The van der Waals surface area contributed by atoms with Gasteiger partial charge in [0.25, 0.3) is 0 Å². The molecule has 0 aliphatic rings. The Bertz CT molecular complexity index is 1110. The molecule has 6 heteroatoms. The first-order valence-electron chi connectivity index (χ1n) is 9.31. The molecule has 4 aromatic rings. The van der Waals surface area contributed by atoms with E-state index < -0.39 is 5.92 Å². The molecule has 5 nitrogen and oxygen atoms in total. The first-order chi connectivity index (χ1) is 14.1. The zero-order valence-electron chi connectivity index (χ0n) is 15.9. The van der Waals surface area contributed by atoms with Crippen LogP contribution in [0.15, 0.2) is 79.1 Å². The molecule has 1 N–H and O–H groups in total. The number of rotatable bonds is 6. The Kier molecular flexibility index (Phi) is 5.24. The van der Waals surface area contributed by atoms with Crippen LogP contribution in [0, 0.1) is 5.82 Å². The molecule has 0 saturated heterocycles. The van der Waals surface area contributed by atoms with Gasteiger partial charge in [-0.15, -0.1) is 0 Å². The lowest BCUT2D eigenvalue weighted by molar-refractivity contribution is -0.117. The fourth-order valence-electron chi connectivity index (χ4n) is 3.07. The first-order valence-corrected chi connectivity index (χ1v) is 9.31. The number of hydrogen-bond acceptors (Lipinski definition) is 3. The van der Waals surface area contributed by atoms with Crippen LogP contribution < -0.4 is 10.1 Å². The van der Waals surface area contributed by atoms with Crippen molar-refractivity contribution in [2.75, 3.05) is 5.32 Å². The van der Waals surface area contributed by atoms with E-state index in [1.165, 1.54) is 6.07 Å². The fourth-order valence-corrected chi connectivity index (χ4v) is 3.07. The van der Waals surface area contributed by atoms with E-state index in [0.717, 1.165) is 11.3 Å². The minimum absolute atomic E-state index is 0.270. The number of imidazole rings is 1. The molecule has 1 amide bonds. The van der Waals surface area contributed by atoms with E-state index in [4.69, 9.17) is 4.74 Å². The maximum absolute atomic E-state index is 13.9. The molecule has 29 heavy (non-hydrogen) atoms. The van der Waals surface area contributed by atoms with Gasteiger partial charge in [0, 0.05) is 18.1 Å². The summed E-state index contributed by atoms with van der Waals surface area (Å²) in [5, 5.41) is 2.81. The lowest BCUT2D eigenvalue weighted by Gasteiger charge is -2.13. The molecule has 2 aromatic heterocycles. The molecule has 2 heterocycles. The van der Waals surface area contributed by atoms with Gasteiger partial charge in [-0.3, -0.25) is 4.79 Å². The van der Waals surface area contributed by atoms with Crippen molar-refractivity contribution in [3.8, 4) is 5.75 Å². The third kappa shape index (κ3) is 4.27. The Morgan fingerprint density at radius 2 is 1.86 bits per heavy atom. The molecular weight excluding hydrogens is 369 g/mol. The quantitative estimate of drug-likeness (QED) is 0.516. The number of pyridine rings is 1. The molecule has 0 aliphatic heterocycles. The lowest BCUT2D eigenvalue weighted by Crippen LogP contribution is -2.19. The van der Waals surface area contributed by atoms with Crippen molar-refractivity contribution in [1.82, 2.24) is 9.38 Å². The Morgan fingerprint density at radius 1 is 1.10 bits per heavy atom. The van der Waals surface area contributed by atoms with E-state index in [-0.39, 0.29) is 11.7 Å². The number of nitrogens with one attached hydrogen (secondary N) is 1. The van der Waals surface area contributed by atoms with Crippen LogP contribution in [0.4, 0.5) is 10.1 Å². The highest BCUT2D eigenvalue weighted by Gasteiger charge is 2.18. The summed E-state index contributed by atoms with van der Waals surface area (Å²) in [6.45, 7) is 2.03. The van der Waals surface area contributed by atoms with E-state index in [9.17, 15) is 9.18 Å². The van der Waals surface area contributed by atoms with E-state index in [2.05, 4.69) is 10.3 Å². The van der Waals surface area contributed by atoms with Gasteiger partial charge in [0.2, 0.25) is 5.91 Å². The number of carbonyl (C=O) groups excluding carboxylic acids is 1. The Morgan fingerprint density at radius 3 is 2.62 bits per heavy atom. The molecule has 4 rings (SSSR count). The van der Waals surface area contributed by atoms with Crippen LogP contribution in [0.5, 0.6) is 5.75 Å². The van der Waals surface area contributed by atoms with Crippen LogP contribution in [-0.4, -0.2) is 15.3 Å². The normalized spacial score (nSPS) is 11.9. The standard InChI is InChI=1S/C23H20FN3O2/c1-16(20-6-2-3-7-21(20)24)23(28)26-17-9-11-19(12-10-17)29-15-18-14-27-13-5-4-8-22(27)25-18/h2-14,16H,15H2,1H3,(H,26,28). The summed E-state index contributed by atoms with van der Waals surface area (Å²) < 4.78 is 21.6. The lowest BCUT2D eigenvalue weighted by atomic mass is 10.00. The van der Waals surface area contributed by atoms with Crippen LogP contribution in [0.1, 0.15) is 24.1 Å². The Labute approximate surface area is 167 Å². The molecule has 146 valence electrons. The van der Waals surface area contributed by atoms with Gasteiger partial charge in [-0.2, -0.15) is 0 Å². The number of aromatic nitrogens is 2. The smallest absolute Gasteiger partial charge is 0.231 e. The van der Waals surface area contributed by atoms with Crippen molar-refractivity contribution < 1.29 is 13.9 Å². The molecule has 0 aliphatic carbocycles. The van der Waals surface area contributed by atoms with Crippen LogP contribution in [0.2, 0.25) is 0 Å². The minimum Gasteiger partial charge on any atom is -0.487 e. The highest BCUT2D eigenvalue weighted by Crippen LogP contribution is 2.22. The summed E-state index contributed by atoms with van der Waals surface area (Å²) in [5.74, 6) is -0.580. The Hall–Kier alpha value is -3.67. The number of benzene rings is 2. The topological polar surface area (TPSA) is 55.6 Å². The molecule has 0 radical (unpaired) electrons. The summed E-state index contributed by atoms with van der Waals surface area (Å²) in [6, 6.07) is 19.2. The van der Waals surface area contributed by atoms with E-state index in [1.807, 2.05) is 35.0 Å². The van der Waals surface area contributed by atoms with Crippen LogP contribution in [0.25, 0.3) is 5.65 Å². The van der Waals surface area contributed by atoms with Gasteiger partial charge in [0.05, 0.1) is 11.6 Å². The van der Waals surface area contributed by atoms with Gasteiger partial charge in [0.1, 0.15) is 23.8 Å². The zero-order valence-corrected chi connectivity index (χ0v) is 15.9. The van der Waals surface area contributed by atoms with E-state index in [1.54, 1.807) is 49.4 Å².